The van der Waals surface area contributed by atoms with Crippen LogP contribution >= 0.6 is 0 Å². The molecule has 2 bridgehead atoms. The van der Waals surface area contributed by atoms with Gasteiger partial charge in [0.2, 0.25) is 0 Å². The molecule has 2 aromatic rings. The predicted octanol–water partition coefficient (Wildman–Crippen LogP) is 6.45. The zero-order chi connectivity index (χ0) is 18.1. The smallest absolute Gasteiger partial charge is 0.121 e. The number of ether oxygens (including phenoxy) is 1. The van der Waals surface area contributed by atoms with Crippen LogP contribution in [0.25, 0.3) is 0 Å². The van der Waals surface area contributed by atoms with Gasteiger partial charge in [-0.05, 0) is 53.7 Å². The summed E-state index contributed by atoms with van der Waals surface area (Å²) in [7, 11) is 0. The van der Waals surface area contributed by atoms with Gasteiger partial charge in [0.1, 0.15) is 11.9 Å². The van der Waals surface area contributed by atoms with Crippen LogP contribution < -0.4 is 4.74 Å². The lowest BCUT2D eigenvalue weighted by atomic mass is 9.68. The number of rotatable bonds is 6. The molecule has 0 amide bonds. The minimum atomic E-state index is 0.0502. The summed E-state index contributed by atoms with van der Waals surface area (Å²) >= 11 is 0. The van der Waals surface area contributed by atoms with Gasteiger partial charge in [-0.1, -0.05) is 80.6 Å². The fraction of sp³-hybridized carbons (Fsp3) is 0.280. The van der Waals surface area contributed by atoms with Crippen LogP contribution in [0.2, 0.25) is 0 Å². The topological polar surface area (TPSA) is 9.23 Å². The minimum Gasteiger partial charge on any atom is -0.486 e. The molecule has 0 fully saturated rings. The van der Waals surface area contributed by atoms with E-state index in [0.29, 0.717) is 5.92 Å². The maximum absolute atomic E-state index is 6.12. The molecule has 0 spiro atoms. The summed E-state index contributed by atoms with van der Waals surface area (Å²) in [4.78, 5) is 0. The van der Waals surface area contributed by atoms with E-state index in [0.717, 1.165) is 12.2 Å². The maximum atomic E-state index is 6.12. The third kappa shape index (κ3) is 2.82. The van der Waals surface area contributed by atoms with Gasteiger partial charge in [0.15, 0.2) is 0 Å². The highest BCUT2D eigenvalue weighted by atomic mass is 16.5. The largest absolute Gasteiger partial charge is 0.486 e. The molecule has 0 N–H and O–H groups in total. The highest BCUT2D eigenvalue weighted by Crippen LogP contribution is 2.53. The van der Waals surface area contributed by atoms with E-state index in [4.69, 9.17) is 4.74 Å². The minimum absolute atomic E-state index is 0.0502. The molecule has 0 aliphatic heterocycles. The van der Waals surface area contributed by atoms with Crippen molar-refractivity contribution in [1.82, 2.24) is 0 Å². The average molecular weight is 342 g/mol. The second kappa shape index (κ2) is 6.64. The lowest BCUT2D eigenvalue weighted by Gasteiger charge is -2.35. The monoisotopic (exact) mass is 342 g/mol. The highest BCUT2D eigenvalue weighted by Gasteiger charge is 2.44. The van der Waals surface area contributed by atoms with Gasteiger partial charge in [0.25, 0.3) is 0 Å². The van der Waals surface area contributed by atoms with Gasteiger partial charge < -0.3 is 4.74 Å². The number of hydrogen-bond donors (Lipinski definition) is 0. The van der Waals surface area contributed by atoms with E-state index >= 15 is 0 Å². The van der Waals surface area contributed by atoms with Gasteiger partial charge in [-0.2, -0.15) is 0 Å². The molecular formula is C25H26O. The zero-order valence-electron chi connectivity index (χ0n) is 15.8. The van der Waals surface area contributed by atoms with E-state index < -0.39 is 0 Å². The van der Waals surface area contributed by atoms with Gasteiger partial charge in [0.05, 0.1) is 0 Å². The van der Waals surface area contributed by atoms with Crippen LogP contribution in [-0.4, -0.2) is 0 Å². The first-order chi connectivity index (χ1) is 12.6. The Morgan fingerprint density at radius 2 is 1.42 bits per heavy atom. The van der Waals surface area contributed by atoms with Crippen LogP contribution in [0.4, 0.5) is 0 Å². The number of benzene rings is 2. The summed E-state index contributed by atoms with van der Waals surface area (Å²) in [5.41, 5.74) is 5.63. The first-order valence-electron chi connectivity index (χ1n) is 9.51. The molecule has 0 radical (unpaired) electrons. The highest BCUT2D eigenvalue weighted by molar-refractivity contribution is 5.59. The lowest BCUT2D eigenvalue weighted by molar-refractivity contribution is 0.227. The van der Waals surface area contributed by atoms with Crippen molar-refractivity contribution in [3.8, 4) is 5.75 Å². The van der Waals surface area contributed by atoms with Crippen molar-refractivity contribution in [2.24, 2.45) is 11.3 Å². The van der Waals surface area contributed by atoms with Crippen molar-refractivity contribution in [3.63, 3.8) is 0 Å². The van der Waals surface area contributed by atoms with Crippen molar-refractivity contribution in [2.75, 3.05) is 0 Å². The Kier molecular flexibility index (Phi) is 4.32. The molecule has 2 aromatic carbocycles. The lowest BCUT2D eigenvalue weighted by Crippen LogP contribution is -2.29. The second-order valence-corrected chi connectivity index (χ2v) is 7.69. The summed E-state index contributed by atoms with van der Waals surface area (Å²) in [6.45, 7) is 6.76. The second-order valence-electron chi connectivity index (χ2n) is 7.69. The summed E-state index contributed by atoms with van der Waals surface area (Å²) < 4.78 is 6.12. The molecule has 0 saturated heterocycles. The van der Waals surface area contributed by atoms with Crippen molar-refractivity contribution in [2.45, 2.75) is 33.3 Å². The van der Waals surface area contributed by atoms with Gasteiger partial charge in [0, 0.05) is 5.41 Å². The molecule has 26 heavy (non-hydrogen) atoms. The Labute approximate surface area is 156 Å². The Bertz CT molecular complexity index is 844. The quantitative estimate of drug-likeness (QED) is 0.586. The summed E-state index contributed by atoms with van der Waals surface area (Å²) in [6.07, 6.45) is 10.2. The van der Waals surface area contributed by atoms with Crippen LogP contribution in [-0.2, 0) is 6.42 Å². The molecule has 4 rings (SSSR count). The van der Waals surface area contributed by atoms with E-state index in [1.165, 1.54) is 22.3 Å². The normalized spacial score (nSPS) is 18.0. The third-order valence-corrected chi connectivity index (χ3v) is 5.89. The molecular weight excluding hydrogens is 316 g/mol. The van der Waals surface area contributed by atoms with Gasteiger partial charge in [-0.3, -0.25) is 0 Å². The van der Waals surface area contributed by atoms with Crippen LogP contribution in [0.5, 0.6) is 5.75 Å². The predicted molar refractivity (Wildman–Crippen MR) is 108 cm³/mol. The van der Waals surface area contributed by atoms with Crippen molar-refractivity contribution >= 4 is 0 Å². The summed E-state index contributed by atoms with van der Waals surface area (Å²) in [5.74, 6) is 1.50. The zero-order valence-corrected chi connectivity index (χ0v) is 15.8. The Morgan fingerprint density at radius 1 is 0.808 bits per heavy atom. The van der Waals surface area contributed by atoms with E-state index in [2.05, 4.69) is 93.6 Å². The van der Waals surface area contributed by atoms with Crippen molar-refractivity contribution < 1.29 is 4.74 Å². The molecule has 1 atom stereocenters. The molecule has 1 unspecified atom stereocenters. The van der Waals surface area contributed by atoms with Crippen LogP contribution in [0.15, 0.2) is 90.0 Å². The molecule has 0 aromatic heterocycles. The number of fused-ring (bicyclic) bond motifs is 2. The molecule has 0 heterocycles. The van der Waals surface area contributed by atoms with Crippen LogP contribution in [0, 0.1) is 11.3 Å². The molecule has 2 aliphatic rings. The molecule has 2 aliphatic carbocycles. The summed E-state index contributed by atoms with van der Waals surface area (Å²) in [5, 5.41) is 0. The van der Waals surface area contributed by atoms with E-state index in [1.54, 1.807) is 0 Å². The molecule has 1 heteroatoms. The van der Waals surface area contributed by atoms with Crippen molar-refractivity contribution in [1.29, 1.82) is 0 Å². The van der Waals surface area contributed by atoms with Crippen molar-refractivity contribution in [3.05, 3.63) is 101 Å². The Balaban J connectivity index is 1.49. The van der Waals surface area contributed by atoms with E-state index in [-0.39, 0.29) is 11.5 Å². The molecule has 0 saturated carbocycles. The Morgan fingerprint density at radius 3 is 1.96 bits per heavy atom. The average Bonchev–Trinajstić information content (AvgIpc) is 3.19. The standard InChI is InChI=1S/C25H26O/c1-18(2)25(22-11-12-23(25)14-13-22)17-20-9-15-24(16-10-20)26-19(3)21-7-5-4-6-8-21/h4-16,18-19H,17H2,1-3H3. The van der Waals surface area contributed by atoms with Gasteiger partial charge >= 0.3 is 0 Å². The first-order valence-corrected chi connectivity index (χ1v) is 9.51. The van der Waals surface area contributed by atoms with Gasteiger partial charge in [-0.15, -0.1) is 0 Å². The number of hydrogen-bond acceptors (Lipinski definition) is 1. The molecule has 132 valence electrons. The fourth-order valence-electron chi connectivity index (χ4n) is 4.31. The SMILES string of the molecule is CC(Oc1ccc(CC2(C(C)C)C3=CC=C2C=C3)cc1)c1ccccc1. The van der Waals surface area contributed by atoms with E-state index in [9.17, 15) is 0 Å². The maximum Gasteiger partial charge on any atom is 0.121 e. The first kappa shape index (κ1) is 16.9. The summed E-state index contributed by atoms with van der Waals surface area (Å²) in [6, 6.07) is 19.0. The Hall–Kier alpha value is -2.54. The fourth-order valence-corrected chi connectivity index (χ4v) is 4.31. The van der Waals surface area contributed by atoms with Crippen LogP contribution in [0.1, 0.15) is 38.0 Å². The number of allylic oxidation sites excluding steroid dienone is 6. The van der Waals surface area contributed by atoms with Gasteiger partial charge in [-0.25, -0.2) is 0 Å². The molecule has 1 nitrogen and oxygen atoms in total. The van der Waals surface area contributed by atoms with E-state index in [1.807, 2.05) is 6.07 Å². The third-order valence-electron chi connectivity index (χ3n) is 5.89. The van der Waals surface area contributed by atoms with Crippen LogP contribution in [0.3, 0.4) is 0 Å².